The van der Waals surface area contributed by atoms with Gasteiger partial charge in [-0.05, 0) is 35.0 Å². The molecule has 0 radical (unpaired) electrons. The monoisotopic (exact) mass is 254 g/mol. The zero-order valence-electron chi connectivity index (χ0n) is 7.81. The molecule has 0 amide bonds. The zero-order chi connectivity index (χ0) is 10.1. The summed E-state index contributed by atoms with van der Waals surface area (Å²) in [4.78, 5) is 4.27. The lowest BCUT2D eigenvalue weighted by atomic mass is 10.3. The number of aliphatic hydroxyl groups is 1. The van der Waals surface area contributed by atoms with Crippen molar-refractivity contribution in [3.63, 3.8) is 0 Å². The van der Waals surface area contributed by atoms with Gasteiger partial charge in [0.15, 0.2) is 0 Å². The average molecular weight is 255 g/mol. The van der Waals surface area contributed by atoms with Gasteiger partial charge in [-0.1, -0.05) is 6.07 Å². The van der Waals surface area contributed by atoms with E-state index in [1.54, 1.807) is 6.92 Å². The van der Waals surface area contributed by atoms with Crippen LogP contribution < -0.4 is 0 Å². The molecule has 1 unspecified atom stereocenters. The summed E-state index contributed by atoms with van der Waals surface area (Å²) in [6, 6.07) is 5.91. The maximum Gasteiger partial charge on any atom is 0.116 e. The fourth-order valence-electron chi connectivity index (χ4n) is 1.48. The van der Waals surface area contributed by atoms with Gasteiger partial charge in [0.25, 0.3) is 0 Å². The van der Waals surface area contributed by atoms with Crippen LogP contribution in [0.4, 0.5) is 0 Å². The highest BCUT2D eigenvalue weighted by atomic mass is 79.9. The van der Waals surface area contributed by atoms with E-state index in [1.165, 1.54) is 0 Å². The molecule has 2 aromatic heterocycles. The molecular weight excluding hydrogens is 244 g/mol. The molecule has 0 fully saturated rings. The van der Waals surface area contributed by atoms with E-state index in [0.29, 0.717) is 6.42 Å². The minimum absolute atomic E-state index is 0.368. The molecule has 0 aliphatic heterocycles. The number of halogens is 1. The Labute approximate surface area is 90.5 Å². The quantitative estimate of drug-likeness (QED) is 0.833. The fraction of sp³-hybridized carbons (Fsp3) is 0.300. The molecule has 0 spiro atoms. The molecule has 2 aromatic rings. The molecule has 2 heterocycles. The normalized spacial score (nSPS) is 13.4. The maximum absolute atomic E-state index is 9.31. The highest BCUT2D eigenvalue weighted by Gasteiger charge is 2.08. The molecule has 0 aliphatic rings. The summed E-state index contributed by atoms with van der Waals surface area (Å²) < 4.78 is 2.95. The van der Waals surface area contributed by atoms with Crippen LogP contribution in [0.2, 0.25) is 0 Å². The van der Waals surface area contributed by atoms with Gasteiger partial charge in [0.1, 0.15) is 5.82 Å². The Hall–Kier alpha value is -0.870. The first-order chi connectivity index (χ1) is 6.68. The molecule has 0 saturated heterocycles. The van der Waals surface area contributed by atoms with Crippen LogP contribution >= 0.6 is 15.9 Å². The Morgan fingerprint density at radius 3 is 3.07 bits per heavy atom. The van der Waals surface area contributed by atoms with Crippen molar-refractivity contribution in [2.75, 3.05) is 0 Å². The van der Waals surface area contributed by atoms with E-state index in [1.807, 2.05) is 28.8 Å². The Morgan fingerprint density at radius 2 is 2.36 bits per heavy atom. The summed E-state index contributed by atoms with van der Waals surface area (Å²) in [5.74, 6) is 0.877. The molecule has 0 aliphatic carbocycles. The maximum atomic E-state index is 9.31. The third-order valence-corrected chi connectivity index (χ3v) is 2.67. The molecule has 2 rings (SSSR count). The number of rotatable bonds is 2. The van der Waals surface area contributed by atoms with Crippen LogP contribution in [0, 0.1) is 0 Å². The summed E-state index contributed by atoms with van der Waals surface area (Å²) in [5.41, 5.74) is 1.04. The first kappa shape index (κ1) is 9.68. The van der Waals surface area contributed by atoms with Gasteiger partial charge in [0.2, 0.25) is 0 Å². The molecule has 14 heavy (non-hydrogen) atoms. The molecule has 1 atom stereocenters. The largest absolute Gasteiger partial charge is 0.393 e. The first-order valence-corrected chi connectivity index (χ1v) is 5.26. The highest BCUT2D eigenvalue weighted by molar-refractivity contribution is 9.10. The molecule has 3 nitrogen and oxygen atoms in total. The molecule has 74 valence electrons. The zero-order valence-corrected chi connectivity index (χ0v) is 9.40. The lowest BCUT2D eigenvalue weighted by Crippen LogP contribution is -2.08. The number of nitrogens with zero attached hydrogens (tertiary/aromatic N) is 2. The summed E-state index contributed by atoms with van der Waals surface area (Å²) in [6.07, 6.45) is 2.01. The summed E-state index contributed by atoms with van der Waals surface area (Å²) >= 11 is 3.46. The van der Waals surface area contributed by atoms with Gasteiger partial charge in [-0.15, -0.1) is 0 Å². The van der Waals surface area contributed by atoms with Crippen LogP contribution in [-0.4, -0.2) is 20.6 Å². The smallest absolute Gasteiger partial charge is 0.116 e. The Morgan fingerprint density at radius 1 is 1.57 bits per heavy atom. The van der Waals surface area contributed by atoms with Crippen molar-refractivity contribution in [2.45, 2.75) is 19.4 Å². The van der Waals surface area contributed by atoms with Gasteiger partial charge in [0.05, 0.1) is 22.4 Å². The van der Waals surface area contributed by atoms with E-state index >= 15 is 0 Å². The van der Waals surface area contributed by atoms with Gasteiger partial charge >= 0.3 is 0 Å². The van der Waals surface area contributed by atoms with Crippen molar-refractivity contribution in [3.8, 4) is 0 Å². The van der Waals surface area contributed by atoms with Crippen LogP contribution in [0.5, 0.6) is 0 Å². The Balaban J connectivity index is 2.55. The molecular formula is C10H11BrN2O. The molecule has 1 N–H and O–H groups in total. The minimum Gasteiger partial charge on any atom is -0.393 e. The van der Waals surface area contributed by atoms with Crippen molar-refractivity contribution >= 4 is 21.4 Å². The van der Waals surface area contributed by atoms with Crippen LogP contribution in [0.25, 0.3) is 5.52 Å². The van der Waals surface area contributed by atoms with Crippen molar-refractivity contribution in [1.82, 2.24) is 9.38 Å². The average Bonchev–Trinajstić information content (AvgIpc) is 2.49. The predicted octanol–water partition coefficient (Wildman–Crippen LogP) is 2.02. The van der Waals surface area contributed by atoms with Crippen LogP contribution in [0.3, 0.4) is 0 Å². The van der Waals surface area contributed by atoms with Crippen molar-refractivity contribution in [2.24, 2.45) is 0 Å². The predicted molar refractivity (Wildman–Crippen MR) is 58.3 cm³/mol. The number of imidazole rings is 1. The van der Waals surface area contributed by atoms with Crippen molar-refractivity contribution in [3.05, 3.63) is 34.8 Å². The topological polar surface area (TPSA) is 37.5 Å². The number of fused-ring (bicyclic) bond motifs is 1. The van der Waals surface area contributed by atoms with Crippen molar-refractivity contribution < 1.29 is 5.11 Å². The lowest BCUT2D eigenvalue weighted by Gasteiger charge is -2.05. The molecule has 0 saturated carbocycles. The molecule has 0 aromatic carbocycles. The SMILES string of the molecule is CC(O)Cc1ncc2cccc(Br)n12. The summed E-state index contributed by atoms with van der Waals surface area (Å²) in [6.45, 7) is 1.76. The van der Waals surface area contributed by atoms with Gasteiger partial charge < -0.3 is 5.11 Å². The third kappa shape index (κ3) is 1.67. The number of aliphatic hydroxyl groups excluding tert-OH is 1. The fourth-order valence-corrected chi connectivity index (χ4v) is 2.04. The Kier molecular flexibility index (Phi) is 2.56. The highest BCUT2D eigenvalue weighted by Crippen LogP contribution is 2.16. The standard InChI is InChI=1S/C10H11BrN2O/c1-7(14)5-10-12-6-8-3-2-4-9(11)13(8)10/h2-4,6-7,14H,5H2,1H3. The first-order valence-electron chi connectivity index (χ1n) is 4.47. The lowest BCUT2D eigenvalue weighted by molar-refractivity contribution is 0.192. The van der Waals surface area contributed by atoms with E-state index in [9.17, 15) is 5.11 Å². The van der Waals surface area contributed by atoms with E-state index < -0.39 is 0 Å². The van der Waals surface area contributed by atoms with Crippen LogP contribution in [0.1, 0.15) is 12.7 Å². The number of hydrogen-bond donors (Lipinski definition) is 1. The van der Waals surface area contributed by atoms with Crippen molar-refractivity contribution in [1.29, 1.82) is 0 Å². The Bertz CT molecular complexity index is 450. The molecule has 0 bridgehead atoms. The summed E-state index contributed by atoms with van der Waals surface area (Å²) in [7, 11) is 0. The van der Waals surface area contributed by atoms with Crippen LogP contribution in [0.15, 0.2) is 29.0 Å². The van der Waals surface area contributed by atoms with Gasteiger partial charge in [-0.2, -0.15) is 0 Å². The van der Waals surface area contributed by atoms with Gasteiger partial charge in [0, 0.05) is 6.42 Å². The summed E-state index contributed by atoms with van der Waals surface area (Å²) in [5, 5.41) is 9.31. The van der Waals surface area contributed by atoms with E-state index in [2.05, 4.69) is 20.9 Å². The minimum atomic E-state index is -0.368. The van der Waals surface area contributed by atoms with E-state index in [-0.39, 0.29) is 6.10 Å². The van der Waals surface area contributed by atoms with Crippen LogP contribution in [-0.2, 0) is 6.42 Å². The van der Waals surface area contributed by atoms with E-state index in [4.69, 9.17) is 0 Å². The second-order valence-electron chi connectivity index (χ2n) is 3.34. The molecule has 4 heteroatoms. The number of hydrogen-bond acceptors (Lipinski definition) is 2. The van der Waals surface area contributed by atoms with Gasteiger partial charge in [-0.25, -0.2) is 4.98 Å². The van der Waals surface area contributed by atoms with Gasteiger partial charge in [-0.3, -0.25) is 4.40 Å². The number of pyridine rings is 1. The van der Waals surface area contributed by atoms with E-state index in [0.717, 1.165) is 15.9 Å². The second kappa shape index (κ2) is 3.71. The number of aromatic nitrogens is 2. The third-order valence-electron chi connectivity index (χ3n) is 2.05. The second-order valence-corrected chi connectivity index (χ2v) is 4.15.